The third-order valence-electron chi connectivity index (χ3n) is 6.83. The van der Waals surface area contributed by atoms with Gasteiger partial charge < -0.3 is 4.90 Å². The molecule has 0 spiro atoms. The number of aromatic nitrogens is 1. The van der Waals surface area contributed by atoms with Crippen molar-refractivity contribution in [3.05, 3.63) is 92.2 Å². The Balaban J connectivity index is 1.51. The van der Waals surface area contributed by atoms with E-state index in [9.17, 15) is 13.2 Å². The number of amides is 1. The number of sulfonamides is 1. The zero-order valence-corrected chi connectivity index (χ0v) is 24.0. The lowest BCUT2D eigenvalue weighted by molar-refractivity contribution is -0.133. The summed E-state index contributed by atoms with van der Waals surface area (Å²) in [6, 6.07) is 15.6. The molecular formula is C28H27Cl2N3O3S2. The molecular weight excluding hydrogens is 561 g/mol. The van der Waals surface area contributed by atoms with Gasteiger partial charge in [0.2, 0.25) is 15.9 Å². The molecule has 0 saturated carbocycles. The number of para-hydroxylation sites is 1. The van der Waals surface area contributed by atoms with Gasteiger partial charge in [-0.05, 0) is 59.7 Å². The first kappa shape index (κ1) is 27.1. The van der Waals surface area contributed by atoms with Gasteiger partial charge in [-0.3, -0.25) is 9.78 Å². The number of thiophene rings is 1. The summed E-state index contributed by atoms with van der Waals surface area (Å²) in [4.78, 5) is 21.3. The van der Waals surface area contributed by atoms with Crippen molar-refractivity contribution in [3.8, 4) is 0 Å². The Labute approximate surface area is 236 Å². The number of nitrogens with zero attached hydrogens (tertiary/aromatic N) is 3. The first-order valence-corrected chi connectivity index (χ1v) is 15.5. The lowest BCUT2D eigenvalue weighted by atomic mass is 9.93. The molecule has 3 heterocycles. The fraction of sp³-hybridized carbons (Fsp3) is 0.286. The third kappa shape index (κ3) is 5.20. The Bertz CT molecular complexity index is 1580. The smallest absolute Gasteiger partial charge is 0.245 e. The van der Waals surface area contributed by atoms with E-state index in [1.54, 1.807) is 52.8 Å². The van der Waals surface area contributed by atoms with E-state index in [4.69, 9.17) is 23.2 Å². The summed E-state index contributed by atoms with van der Waals surface area (Å²) in [6.07, 6.45) is 3.70. The average molecular weight is 589 g/mol. The van der Waals surface area contributed by atoms with Crippen molar-refractivity contribution >= 4 is 61.4 Å². The standard InChI is InChI=1S/C28H27Cl2N3O3S2/c1-2-3-14-32(38(35,36)25-8-4-6-19-7-5-13-31-27(19)25)18-26(34)33-15-11-24-22(12-16-37-24)28(33)21-10-9-20(29)17-23(21)30/h4-10,12-13,16-17,28H,2-3,11,14-15,18H2,1H3. The molecule has 198 valence electrons. The number of halogens is 2. The second kappa shape index (κ2) is 11.3. The number of rotatable bonds is 8. The number of hydrogen-bond acceptors (Lipinski definition) is 5. The van der Waals surface area contributed by atoms with Crippen molar-refractivity contribution in [2.75, 3.05) is 19.6 Å². The molecule has 0 saturated heterocycles. The summed E-state index contributed by atoms with van der Waals surface area (Å²) in [5.74, 6) is -0.272. The van der Waals surface area contributed by atoms with E-state index < -0.39 is 16.1 Å². The van der Waals surface area contributed by atoms with Crippen LogP contribution in [0.1, 0.15) is 41.8 Å². The van der Waals surface area contributed by atoms with E-state index in [0.717, 1.165) is 22.9 Å². The minimum Gasteiger partial charge on any atom is -0.330 e. The monoisotopic (exact) mass is 587 g/mol. The van der Waals surface area contributed by atoms with E-state index in [1.165, 1.54) is 9.18 Å². The fourth-order valence-corrected chi connectivity index (χ4v) is 7.94. The van der Waals surface area contributed by atoms with E-state index in [2.05, 4.69) is 4.98 Å². The summed E-state index contributed by atoms with van der Waals surface area (Å²) in [5.41, 5.74) is 2.18. The fourth-order valence-electron chi connectivity index (χ4n) is 4.93. The van der Waals surface area contributed by atoms with Gasteiger partial charge in [-0.1, -0.05) is 60.8 Å². The van der Waals surface area contributed by atoms with Crippen LogP contribution in [-0.2, 0) is 21.2 Å². The van der Waals surface area contributed by atoms with Gasteiger partial charge in [-0.15, -0.1) is 11.3 Å². The lowest BCUT2D eigenvalue weighted by Crippen LogP contribution is -2.47. The second-order valence-corrected chi connectivity index (χ2v) is 13.0. The SMILES string of the molecule is CCCCN(CC(=O)N1CCc2sccc2C1c1ccc(Cl)cc1Cl)S(=O)(=O)c1cccc2cccnc12. The summed E-state index contributed by atoms with van der Waals surface area (Å²) >= 11 is 14.4. The van der Waals surface area contributed by atoms with E-state index in [1.807, 2.05) is 36.6 Å². The van der Waals surface area contributed by atoms with Crippen LogP contribution >= 0.6 is 34.5 Å². The summed E-state index contributed by atoms with van der Waals surface area (Å²) in [6.45, 7) is 2.42. The van der Waals surface area contributed by atoms with Gasteiger partial charge in [0.1, 0.15) is 4.90 Å². The van der Waals surface area contributed by atoms with E-state index in [-0.39, 0.29) is 23.9 Å². The molecule has 5 rings (SSSR count). The van der Waals surface area contributed by atoms with Crippen molar-refractivity contribution in [1.29, 1.82) is 0 Å². The molecule has 1 unspecified atom stereocenters. The summed E-state index contributed by atoms with van der Waals surface area (Å²) < 4.78 is 29.2. The molecule has 10 heteroatoms. The predicted octanol–water partition coefficient (Wildman–Crippen LogP) is 6.57. The zero-order valence-electron chi connectivity index (χ0n) is 20.8. The Hall–Kier alpha value is -2.49. The molecule has 6 nitrogen and oxygen atoms in total. The van der Waals surface area contributed by atoms with Crippen LogP contribution in [0.4, 0.5) is 0 Å². The third-order valence-corrected chi connectivity index (χ3v) is 10.3. The van der Waals surface area contributed by atoms with Crippen molar-refractivity contribution in [1.82, 2.24) is 14.2 Å². The van der Waals surface area contributed by atoms with Crippen LogP contribution in [0.25, 0.3) is 10.9 Å². The molecule has 2 aromatic carbocycles. The largest absolute Gasteiger partial charge is 0.330 e. The maximum atomic E-state index is 14.0. The number of benzene rings is 2. The molecule has 1 atom stereocenters. The topological polar surface area (TPSA) is 70.6 Å². The van der Waals surface area contributed by atoms with Gasteiger partial charge in [0.15, 0.2) is 0 Å². The van der Waals surface area contributed by atoms with Gasteiger partial charge in [-0.25, -0.2) is 8.42 Å². The van der Waals surface area contributed by atoms with Crippen molar-refractivity contribution < 1.29 is 13.2 Å². The molecule has 38 heavy (non-hydrogen) atoms. The number of fused-ring (bicyclic) bond motifs is 2. The predicted molar refractivity (Wildman–Crippen MR) is 153 cm³/mol. The molecule has 0 radical (unpaired) electrons. The van der Waals surface area contributed by atoms with Crippen LogP contribution in [-0.4, -0.2) is 48.1 Å². The minimum absolute atomic E-state index is 0.107. The van der Waals surface area contributed by atoms with Crippen LogP contribution in [0.3, 0.4) is 0 Å². The first-order valence-electron chi connectivity index (χ1n) is 12.5. The minimum atomic E-state index is -4.00. The Morgan fingerprint density at radius 1 is 1.13 bits per heavy atom. The lowest BCUT2D eigenvalue weighted by Gasteiger charge is -2.38. The second-order valence-electron chi connectivity index (χ2n) is 9.23. The van der Waals surface area contributed by atoms with Gasteiger partial charge >= 0.3 is 0 Å². The van der Waals surface area contributed by atoms with Gasteiger partial charge in [-0.2, -0.15) is 4.31 Å². The Morgan fingerprint density at radius 2 is 1.95 bits per heavy atom. The maximum absolute atomic E-state index is 14.0. The van der Waals surface area contributed by atoms with Crippen molar-refractivity contribution in [2.45, 2.75) is 37.1 Å². The molecule has 2 aromatic heterocycles. The zero-order chi connectivity index (χ0) is 26.9. The van der Waals surface area contributed by atoms with Gasteiger partial charge in [0.25, 0.3) is 0 Å². The summed E-state index contributed by atoms with van der Waals surface area (Å²) in [5, 5.41) is 3.73. The van der Waals surface area contributed by atoms with E-state index in [0.29, 0.717) is 34.9 Å². The first-order chi connectivity index (χ1) is 18.3. The van der Waals surface area contributed by atoms with Gasteiger partial charge in [0.05, 0.1) is 18.1 Å². The molecule has 1 aliphatic heterocycles. The Morgan fingerprint density at radius 3 is 2.74 bits per heavy atom. The average Bonchev–Trinajstić information content (AvgIpc) is 3.39. The molecule has 1 amide bonds. The molecule has 0 fully saturated rings. The molecule has 1 aliphatic rings. The number of unbranched alkanes of at least 4 members (excludes halogenated alkanes) is 1. The van der Waals surface area contributed by atoms with Gasteiger partial charge in [0, 0.05) is 39.6 Å². The number of pyridine rings is 1. The molecule has 0 N–H and O–H groups in total. The highest BCUT2D eigenvalue weighted by atomic mass is 35.5. The highest BCUT2D eigenvalue weighted by Gasteiger charge is 2.36. The quantitative estimate of drug-likeness (QED) is 0.234. The highest BCUT2D eigenvalue weighted by Crippen LogP contribution is 2.41. The van der Waals surface area contributed by atoms with Crippen molar-refractivity contribution in [3.63, 3.8) is 0 Å². The maximum Gasteiger partial charge on any atom is 0.245 e. The van der Waals surface area contributed by atoms with Crippen LogP contribution < -0.4 is 0 Å². The molecule has 0 aliphatic carbocycles. The van der Waals surface area contributed by atoms with Crippen LogP contribution in [0.2, 0.25) is 10.0 Å². The number of hydrogen-bond donors (Lipinski definition) is 0. The van der Waals surface area contributed by atoms with Crippen LogP contribution in [0.15, 0.2) is 71.1 Å². The highest BCUT2D eigenvalue weighted by molar-refractivity contribution is 7.89. The van der Waals surface area contributed by atoms with E-state index >= 15 is 0 Å². The number of carbonyl (C=O) groups is 1. The van der Waals surface area contributed by atoms with Crippen LogP contribution in [0.5, 0.6) is 0 Å². The van der Waals surface area contributed by atoms with Crippen molar-refractivity contribution in [2.24, 2.45) is 0 Å². The normalized spacial score (nSPS) is 15.7. The number of carbonyl (C=O) groups excluding carboxylic acids is 1. The molecule has 4 aromatic rings. The molecule has 0 bridgehead atoms. The summed E-state index contributed by atoms with van der Waals surface area (Å²) in [7, 11) is -4.00. The Kier molecular flexibility index (Phi) is 8.07. The van der Waals surface area contributed by atoms with Crippen LogP contribution in [0, 0.1) is 0 Å².